The van der Waals surface area contributed by atoms with Crippen LogP contribution in [0.4, 0.5) is 0 Å². The van der Waals surface area contributed by atoms with E-state index < -0.39 is 0 Å². The molecule has 0 amide bonds. The highest BCUT2D eigenvalue weighted by Crippen LogP contribution is 2.22. The zero-order valence-corrected chi connectivity index (χ0v) is 14.2. The van der Waals surface area contributed by atoms with Crippen molar-refractivity contribution in [3.05, 3.63) is 71.8 Å². The summed E-state index contributed by atoms with van der Waals surface area (Å²) in [6, 6.07) is 21.9. The first kappa shape index (κ1) is 18.0. The molecule has 3 nitrogen and oxygen atoms in total. The van der Waals surface area contributed by atoms with Gasteiger partial charge in [0.25, 0.3) is 0 Å². The van der Waals surface area contributed by atoms with Crippen LogP contribution in [-0.2, 0) is 15.9 Å². The third-order valence-corrected chi connectivity index (χ3v) is 4.13. The van der Waals surface area contributed by atoms with E-state index in [1.54, 1.807) is 0 Å². The Hall–Kier alpha value is -1.39. The maximum Gasteiger partial charge on any atom is 0.148 e. The summed E-state index contributed by atoms with van der Waals surface area (Å²) >= 11 is 0. The van der Waals surface area contributed by atoms with Crippen LogP contribution in [0, 0.1) is 0 Å². The van der Waals surface area contributed by atoms with Crippen molar-refractivity contribution >= 4 is 0 Å². The fourth-order valence-corrected chi connectivity index (χ4v) is 3.14. The Morgan fingerprint density at radius 1 is 1.04 bits per heavy atom. The molecule has 23 heavy (non-hydrogen) atoms. The van der Waals surface area contributed by atoms with Gasteiger partial charge in [-0.3, -0.25) is 0 Å². The van der Waals surface area contributed by atoms with Crippen LogP contribution in [0.2, 0.25) is 0 Å². The molecule has 2 aromatic carbocycles. The second-order valence-corrected chi connectivity index (χ2v) is 6.01. The van der Waals surface area contributed by atoms with E-state index in [0.29, 0.717) is 18.9 Å². The molecule has 0 aromatic heterocycles. The molecule has 0 spiro atoms. The number of hydrogen-bond donors (Lipinski definition) is 1. The molecular formula is C19H24ClNO2. The van der Waals surface area contributed by atoms with E-state index in [4.69, 9.17) is 9.47 Å². The first-order valence-electron chi connectivity index (χ1n) is 7.96. The largest absolute Gasteiger partial charge is 1.00 e. The van der Waals surface area contributed by atoms with Gasteiger partial charge in [-0.05, 0) is 18.1 Å². The van der Waals surface area contributed by atoms with Gasteiger partial charge in [0.1, 0.15) is 25.5 Å². The molecule has 3 unspecified atom stereocenters. The van der Waals surface area contributed by atoms with Gasteiger partial charge in [-0.1, -0.05) is 60.7 Å². The quantitative estimate of drug-likeness (QED) is 0.785. The lowest BCUT2D eigenvalue weighted by atomic mass is 10.00. The van der Waals surface area contributed by atoms with Gasteiger partial charge in [0.05, 0.1) is 6.04 Å². The maximum absolute atomic E-state index is 5.87. The highest BCUT2D eigenvalue weighted by atomic mass is 35.5. The topological polar surface area (TPSA) is 35.1 Å². The Bertz CT molecular complexity index is 564. The van der Waals surface area contributed by atoms with E-state index in [1.165, 1.54) is 11.1 Å². The van der Waals surface area contributed by atoms with Gasteiger partial charge in [0.2, 0.25) is 0 Å². The van der Waals surface area contributed by atoms with Gasteiger partial charge < -0.3 is 27.2 Å². The normalized spacial score (nSPS) is 22.1. The number of ether oxygens (including phenoxy) is 2. The Morgan fingerprint density at radius 2 is 1.70 bits per heavy atom. The van der Waals surface area contributed by atoms with Crippen molar-refractivity contribution in [3.63, 3.8) is 0 Å². The highest BCUT2D eigenvalue weighted by Gasteiger charge is 2.32. The first-order chi connectivity index (χ1) is 10.8. The van der Waals surface area contributed by atoms with Crippen LogP contribution >= 0.6 is 0 Å². The third-order valence-electron chi connectivity index (χ3n) is 4.13. The van der Waals surface area contributed by atoms with E-state index >= 15 is 0 Å². The summed E-state index contributed by atoms with van der Waals surface area (Å²) in [5.41, 5.74) is 2.61. The number of halogens is 1. The van der Waals surface area contributed by atoms with Crippen LogP contribution < -0.4 is 17.7 Å². The molecule has 2 aromatic rings. The molecular weight excluding hydrogens is 310 g/mol. The van der Waals surface area contributed by atoms with Crippen molar-refractivity contribution < 1.29 is 27.2 Å². The van der Waals surface area contributed by atoms with Crippen LogP contribution in [0.15, 0.2) is 60.7 Å². The Kier molecular flexibility index (Phi) is 7.06. The lowest BCUT2D eigenvalue weighted by molar-refractivity contribution is -0.732. The summed E-state index contributed by atoms with van der Waals surface area (Å²) in [4.78, 5) is 0. The molecule has 3 atom stereocenters. The van der Waals surface area contributed by atoms with Crippen LogP contribution in [0.3, 0.4) is 0 Å². The summed E-state index contributed by atoms with van der Waals surface area (Å²) in [6.45, 7) is 3.39. The molecule has 1 fully saturated rings. The zero-order chi connectivity index (χ0) is 15.2. The molecule has 1 heterocycles. The van der Waals surface area contributed by atoms with Gasteiger partial charge in [0.15, 0.2) is 0 Å². The SMILES string of the molecule is CC(Cc1ccccc1)[NH2+]C1COCOC1c1ccccc1.[Cl-]. The van der Waals surface area contributed by atoms with Gasteiger partial charge in [-0.2, -0.15) is 0 Å². The average Bonchev–Trinajstić information content (AvgIpc) is 2.57. The van der Waals surface area contributed by atoms with Gasteiger partial charge in [-0.25, -0.2) is 0 Å². The Morgan fingerprint density at radius 3 is 2.39 bits per heavy atom. The number of nitrogens with two attached hydrogens (primary N) is 1. The molecule has 2 N–H and O–H groups in total. The summed E-state index contributed by atoms with van der Waals surface area (Å²) < 4.78 is 11.4. The van der Waals surface area contributed by atoms with Crippen LogP contribution in [0.25, 0.3) is 0 Å². The monoisotopic (exact) mass is 333 g/mol. The zero-order valence-electron chi connectivity index (χ0n) is 13.4. The van der Waals surface area contributed by atoms with Crippen molar-refractivity contribution in [1.82, 2.24) is 0 Å². The average molecular weight is 334 g/mol. The van der Waals surface area contributed by atoms with Crippen molar-refractivity contribution in [2.75, 3.05) is 13.4 Å². The minimum Gasteiger partial charge on any atom is -1.00 e. The number of quaternary nitrogens is 1. The van der Waals surface area contributed by atoms with E-state index in [-0.39, 0.29) is 18.5 Å². The van der Waals surface area contributed by atoms with E-state index in [1.807, 2.05) is 6.07 Å². The van der Waals surface area contributed by atoms with E-state index in [0.717, 1.165) is 13.0 Å². The number of hydrogen-bond acceptors (Lipinski definition) is 2. The number of rotatable bonds is 5. The minimum absolute atomic E-state index is 0. The minimum atomic E-state index is 0. The van der Waals surface area contributed by atoms with Gasteiger partial charge >= 0.3 is 0 Å². The number of benzene rings is 2. The Balaban J connectivity index is 0.00000192. The predicted molar refractivity (Wildman–Crippen MR) is 86.4 cm³/mol. The third kappa shape index (κ3) is 5.05. The summed E-state index contributed by atoms with van der Waals surface area (Å²) in [5, 5.41) is 2.39. The molecule has 0 saturated carbocycles. The van der Waals surface area contributed by atoms with Crippen LogP contribution in [-0.4, -0.2) is 25.5 Å². The predicted octanol–water partition coefficient (Wildman–Crippen LogP) is -0.701. The first-order valence-corrected chi connectivity index (χ1v) is 7.96. The smallest absolute Gasteiger partial charge is 0.148 e. The molecule has 3 rings (SSSR count). The molecule has 1 saturated heterocycles. The highest BCUT2D eigenvalue weighted by molar-refractivity contribution is 5.19. The maximum atomic E-state index is 5.87. The lowest BCUT2D eigenvalue weighted by Gasteiger charge is -2.31. The Labute approximate surface area is 144 Å². The standard InChI is InChI=1S/C19H23NO2.ClH/c1-15(12-16-8-4-2-5-9-16)20-18-13-21-14-22-19(18)17-10-6-3-7-11-17;/h2-11,15,18-20H,12-14H2,1H3;1H. The van der Waals surface area contributed by atoms with E-state index in [2.05, 4.69) is 66.8 Å². The van der Waals surface area contributed by atoms with Crippen molar-refractivity contribution in [2.45, 2.75) is 31.5 Å². The second kappa shape index (κ2) is 9.04. The van der Waals surface area contributed by atoms with E-state index in [9.17, 15) is 0 Å². The van der Waals surface area contributed by atoms with Crippen LogP contribution in [0.1, 0.15) is 24.2 Å². The molecule has 124 valence electrons. The summed E-state index contributed by atoms with van der Waals surface area (Å²) in [6.07, 6.45) is 1.16. The fourth-order valence-electron chi connectivity index (χ4n) is 3.14. The molecule has 0 aliphatic carbocycles. The summed E-state index contributed by atoms with van der Waals surface area (Å²) in [5.74, 6) is 0. The molecule has 4 heteroatoms. The van der Waals surface area contributed by atoms with Crippen molar-refractivity contribution in [3.8, 4) is 0 Å². The fraction of sp³-hybridized carbons (Fsp3) is 0.368. The summed E-state index contributed by atoms with van der Waals surface area (Å²) in [7, 11) is 0. The van der Waals surface area contributed by atoms with Gasteiger partial charge in [-0.15, -0.1) is 0 Å². The molecule has 1 aliphatic rings. The van der Waals surface area contributed by atoms with Crippen molar-refractivity contribution in [2.24, 2.45) is 0 Å². The van der Waals surface area contributed by atoms with Crippen LogP contribution in [0.5, 0.6) is 0 Å². The molecule has 1 aliphatic heterocycles. The molecule has 0 bridgehead atoms. The second-order valence-electron chi connectivity index (χ2n) is 6.01. The van der Waals surface area contributed by atoms with Crippen molar-refractivity contribution in [1.29, 1.82) is 0 Å². The van der Waals surface area contributed by atoms with Gasteiger partial charge in [0, 0.05) is 6.42 Å². The molecule has 0 radical (unpaired) electrons. The lowest BCUT2D eigenvalue weighted by Crippen LogP contribution is -3.00.